The van der Waals surface area contributed by atoms with E-state index >= 15 is 0 Å². The van der Waals surface area contributed by atoms with Crippen molar-refractivity contribution in [2.75, 3.05) is 15.8 Å². The minimum Gasteiger partial charge on any atom is -0.463 e. The van der Waals surface area contributed by atoms with Crippen molar-refractivity contribution in [1.29, 1.82) is 0 Å². The summed E-state index contributed by atoms with van der Waals surface area (Å²) in [7, 11) is -3.80. The number of nitrogens with zero attached hydrogens (tertiary/aromatic N) is 2. The maximum absolute atomic E-state index is 12.5. The summed E-state index contributed by atoms with van der Waals surface area (Å²) < 4.78 is 38.4. The number of aromatic amines is 1. The van der Waals surface area contributed by atoms with Crippen LogP contribution in [0.1, 0.15) is 0 Å². The molecule has 5 rings (SSSR count). The number of sulfonamides is 1. The highest BCUT2D eigenvalue weighted by Gasteiger charge is 2.19. The number of amides is 1. The van der Waals surface area contributed by atoms with Crippen LogP contribution in [0.3, 0.4) is 0 Å². The highest BCUT2D eigenvalue weighted by Crippen LogP contribution is 2.33. The molecule has 12 heteroatoms. The molecular formula is C24H19N5O5S2. The van der Waals surface area contributed by atoms with Crippen LogP contribution in [0.4, 0.5) is 11.5 Å². The van der Waals surface area contributed by atoms with Gasteiger partial charge in [-0.1, -0.05) is 17.8 Å². The van der Waals surface area contributed by atoms with Crippen molar-refractivity contribution < 1.29 is 22.0 Å². The molecule has 0 spiro atoms. The number of carbonyl (C=O) groups is 1. The Balaban J connectivity index is 1.22. The molecule has 36 heavy (non-hydrogen) atoms. The third kappa shape index (κ3) is 5.34. The van der Waals surface area contributed by atoms with E-state index in [-0.39, 0.29) is 22.4 Å². The van der Waals surface area contributed by atoms with Crippen molar-refractivity contribution in [2.45, 2.75) is 10.1 Å². The Labute approximate surface area is 210 Å². The van der Waals surface area contributed by atoms with Crippen LogP contribution >= 0.6 is 11.8 Å². The normalized spacial score (nSPS) is 11.3. The molecule has 0 atom stereocenters. The van der Waals surface area contributed by atoms with E-state index in [4.69, 9.17) is 8.83 Å². The van der Waals surface area contributed by atoms with E-state index < -0.39 is 10.0 Å². The van der Waals surface area contributed by atoms with Gasteiger partial charge in [0.05, 0.1) is 23.2 Å². The molecule has 0 aliphatic heterocycles. The smallest absolute Gasteiger partial charge is 0.263 e. The molecule has 0 fully saturated rings. The van der Waals surface area contributed by atoms with Crippen LogP contribution in [0.2, 0.25) is 0 Å². The molecule has 1 amide bonds. The fraction of sp³-hybridized carbons (Fsp3) is 0.0417. The molecule has 4 aromatic heterocycles. The van der Waals surface area contributed by atoms with Gasteiger partial charge in [-0.15, -0.1) is 0 Å². The highest BCUT2D eigenvalue weighted by molar-refractivity contribution is 7.99. The SMILES string of the molecule is O=C(CSc1nc(-c2ccco2)c(-c2ccco2)[nH]1)Nc1ccc(S(=O)(=O)Nc2ccccn2)cc1. The van der Waals surface area contributed by atoms with E-state index in [1.165, 1.54) is 42.2 Å². The molecule has 0 radical (unpaired) electrons. The molecule has 1 aromatic carbocycles. The average Bonchev–Trinajstić information content (AvgIpc) is 3.65. The number of hydrogen-bond acceptors (Lipinski definition) is 8. The van der Waals surface area contributed by atoms with Gasteiger partial charge in [0.2, 0.25) is 5.91 Å². The topological polar surface area (TPSA) is 143 Å². The van der Waals surface area contributed by atoms with Gasteiger partial charge in [0.25, 0.3) is 10.0 Å². The van der Waals surface area contributed by atoms with Crippen LogP contribution in [0.5, 0.6) is 0 Å². The van der Waals surface area contributed by atoms with Crippen molar-refractivity contribution >= 4 is 39.2 Å². The van der Waals surface area contributed by atoms with Crippen LogP contribution in [0, 0.1) is 0 Å². The number of carbonyl (C=O) groups excluding carboxylic acids is 1. The second kappa shape index (κ2) is 10.1. The Hall–Kier alpha value is -4.29. The summed E-state index contributed by atoms with van der Waals surface area (Å²) in [6.45, 7) is 0. The van der Waals surface area contributed by atoms with Crippen molar-refractivity contribution in [3.05, 3.63) is 85.5 Å². The van der Waals surface area contributed by atoms with Gasteiger partial charge in [-0.05, 0) is 60.7 Å². The summed E-state index contributed by atoms with van der Waals surface area (Å²) in [6.07, 6.45) is 4.61. The highest BCUT2D eigenvalue weighted by atomic mass is 32.2. The Morgan fingerprint density at radius 1 is 0.944 bits per heavy atom. The molecule has 4 heterocycles. The minimum atomic E-state index is -3.80. The van der Waals surface area contributed by atoms with Crippen molar-refractivity contribution in [3.63, 3.8) is 0 Å². The van der Waals surface area contributed by atoms with E-state index in [1.807, 2.05) is 0 Å². The molecule has 0 saturated heterocycles. The molecule has 10 nitrogen and oxygen atoms in total. The first-order valence-electron chi connectivity index (χ1n) is 10.6. The number of benzene rings is 1. The predicted octanol–water partition coefficient (Wildman–Crippen LogP) is 4.86. The predicted molar refractivity (Wildman–Crippen MR) is 135 cm³/mol. The number of nitrogens with one attached hydrogen (secondary N) is 3. The van der Waals surface area contributed by atoms with E-state index in [0.29, 0.717) is 33.8 Å². The lowest BCUT2D eigenvalue weighted by Gasteiger charge is -2.08. The van der Waals surface area contributed by atoms with E-state index in [1.54, 1.807) is 55.0 Å². The van der Waals surface area contributed by atoms with Crippen LogP contribution in [0.25, 0.3) is 22.9 Å². The summed E-state index contributed by atoms with van der Waals surface area (Å²) >= 11 is 1.21. The molecular weight excluding hydrogens is 502 g/mol. The Bertz CT molecular complexity index is 1500. The van der Waals surface area contributed by atoms with E-state index in [0.717, 1.165) is 0 Å². The maximum Gasteiger partial charge on any atom is 0.263 e. The van der Waals surface area contributed by atoms with Gasteiger partial charge in [-0.25, -0.2) is 18.4 Å². The minimum absolute atomic E-state index is 0.0482. The number of pyridine rings is 1. The molecule has 0 unspecified atom stereocenters. The van der Waals surface area contributed by atoms with Gasteiger partial charge in [-0.2, -0.15) is 0 Å². The lowest BCUT2D eigenvalue weighted by molar-refractivity contribution is -0.113. The number of hydrogen-bond donors (Lipinski definition) is 3. The Kier molecular flexibility index (Phi) is 6.60. The van der Waals surface area contributed by atoms with E-state index in [9.17, 15) is 13.2 Å². The largest absolute Gasteiger partial charge is 0.463 e. The van der Waals surface area contributed by atoms with Gasteiger partial charge in [0, 0.05) is 11.9 Å². The monoisotopic (exact) mass is 521 g/mol. The first-order chi connectivity index (χ1) is 17.5. The quantitative estimate of drug-likeness (QED) is 0.233. The third-order valence-electron chi connectivity index (χ3n) is 4.90. The summed E-state index contributed by atoms with van der Waals surface area (Å²) in [4.78, 5) is 24.2. The molecule has 182 valence electrons. The first-order valence-corrected chi connectivity index (χ1v) is 13.1. The average molecular weight is 522 g/mol. The van der Waals surface area contributed by atoms with Gasteiger partial charge >= 0.3 is 0 Å². The lowest BCUT2D eigenvalue weighted by Crippen LogP contribution is -2.15. The second-order valence-electron chi connectivity index (χ2n) is 7.40. The zero-order valence-corrected chi connectivity index (χ0v) is 20.2. The molecule has 0 saturated carbocycles. The fourth-order valence-corrected chi connectivity index (χ4v) is 4.96. The van der Waals surface area contributed by atoms with Crippen LogP contribution in [-0.2, 0) is 14.8 Å². The molecule has 5 aromatic rings. The zero-order valence-electron chi connectivity index (χ0n) is 18.5. The number of imidazole rings is 1. The number of furan rings is 2. The molecule has 3 N–H and O–H groups in total. The first kappa shape index (κ1) is 23.5. The zero-order chi connectivity index (χ0) is 25.0. The molecule has 0 bridgehead atoms. The number of thioether (sulfide) groups is 1. The number of H-pyrrole nitrogens is 1. The Morgan fingerprint density at radius 2 is 1.69 bits per heavy atom. The Morgan fingerprint density at radius 3 is 2.36 bits per heavy atom. The molecule has 0 aliphatic rings. The number of aromatic nitrogens is 3. The van der Waals surface area contributed by atoms with Gasteiger partial charge < -0.3 is 19.1 Å². The lowest BCUT2D eigenvalue weighted by atomic mass is 10.2. The van der Waals surface area contributed by atoms with Crippen LogP contribution < -0.4 is 10.0 Å². The number of rotatable bonds is 9. The van der Waals surface area contributed by atoms with Gasteiger partial charge in [0.15, 0.2) is 16.7 Å². The maximum atomic E-state index is 12.5. The van der Waals surface area contributed by atoms with E-state index in [2.05, 4.69) is 25.0 Å². The third-order valence-corrected chi connectivity index (χ3v) is 7.14. The van der Waals surface area contributed by atoms with Gasteiger partial charge in [-0.3, -0.25) is 9.52 Å². The molecule has 0 aliphatic carbocycles. The number of anilines is 2. The van der Waals surface area contributed by atoms with Crippen molar-refractivity contribution in [1.82, 2.24) is 15.0 Å². The summed E-state index contributed by atoms with van der Waals surface area (Å²) in [6, 6.07) is 17.9. The van der Waals surface area contributed by atoms with Crippen molar-refractivity contribution in [2.24, 2.45) is 0 Å². The summed E-state index contributed by atoms with van der Waals surface area (Å²) in [5.74, 6) is 1.18. The van der Waals surface area contributed by atoms with Crippen LogP contribution in [0.15, 0.2) is 104 Å². The second-order valence-corrected chi connectivity index (χ2v) is 10.0. The summed E-state index contributed by atoms with van der Waals surface area (Å²) in [5, 5.41) is 3.27. The summed E-state index contributed by atoms with van der Waals surface area (Å²) in [5.41, 5.74) is 1.69. The van der Waals surface area contributed by atoms with Gasteiger partial charge in [0.1, 0.15) is 17.2 Å². The van der Waals surface area contributed by atoms with Crippen LogP contribution in [-0.4, -0.2) is 35.0 Å². The standard InChI is InChI=1S/C24H19N5O5S2/c30-21(26-16-8-10-17(11-9-16)36(31,32)29-20-7-1-2-12-25-20)15-35-24-27-22(18-5-3-13-33-18)23(28-24)19-6-4-14-34-19/h1-14H,15H2,(H,25,29)(H,26,30)(H,27,28). The van der Waals surface area contributed by atoms with Crippen molar-refractivity contribution in [3.8, 4) is 22.9 Å². The fourth-order valence-electron chi connectivity index (χ4n) is 3.28.